The molecule has 0 aliphatic carbocycles. The first kappa shape index (κ1) is 23.5. The highest BCUT2D eigenvalue weighted by Crippen LogP contribution is 2.34. The third kappa shape index (κ3) is 6.11. The van der Waals surface area contributed by atoms with E-state index < -0.39 is 5.41 Å². The fraction of sp³-hybridized carbons (Fsp3) is 0.591. The van der Waals surface area contributed by atoms with Gasteiger partial charge in [-0.25, -0.2) is 0 Å². The van der Waals surface area contributed by atoms with Crippen LogP contribution in [0.3, 0.4) is 0 Å². The van der Waals surface area contributed by atoms with E-state index in [1.54, 1.807) is 17.0 Å². The van der Waals surface area contributed by atoms with Crippen LogP contribution in [-0.4, -0.2) is 56.5 Å². The van der Waals surface area contributed by atoms with Crippen molar-refractivity contribution in [1.82, 2.24) is 10.2 Å². The number of methoxy groups -OCH3 is 2. The maximum Gasteiger partial charge on any atom is 0.256 e. The highest BCUT2D eigenvalue weighted by Gasteiger charge is 2.24. The molecule has 30 heavy (non-hydrogen) atoms. The number of amides is 3. The highest BCUT2D eigenvalue weighted by molar-refractivity contribution is 6.04. The number of benzene rings is 1. The minimum atomic E-state index is -0.520. The average Bonchev–Trinajstić information content (AvgIpc) is 2.72. The Balaban J connectivity index is 2.17. The molecule has 166 valence electrons. The van der Waals surface area contributed by atoms with Crippen LogP contribution in [0.5, 0.6) is 11.5 Å². The Bertz CT molecular complexity index is 780. The van der Waals surface area contributed by atoms with E-state index in [2.05, 4.69) is 10.6 Å². The van der Waals surface area contributed by atoms with Gasteiger partial charge < -0.3 is 25.0 Å². The fourth-order valence-electron chi connectivity index (χ4n) is 3.19. The van der Waals surface area contributed by atoms with Crippen LogP contribution in [0.4, 0.5) is 5.69 Å². The minimum absolute atomic E-state index is 0.0908. The summed E-state index contributed by atoms with van der Waals surface area (Å²) >= 11 is 0. The lowest BCUT2D eigenvalue weighted by Gasteiger charge is -2.28. The molecular weight excluding hydrogens is 386 g/mol. The number of hydrogen-bond donors (Lipinski definition) is 2. The van der Waals surface area contributed by atoms with E-state index in [9.17, 15) is 14.4 Å². The largest absolute Gasteiger partial charge is 0.493 e. The zero-order chi connectivity index (χ0) is 22.3. The standard InChI is InChI=1S/C22H33N3O5/c1-22(2,3)21(28)23-10-9-19(26)24-16-14-18(30-5)17(29-4)13-15(16)20(27)25-11-7-6-8-12-25/h13-14H,6-12H2,1-5H3,(H,23,28)(H,24,26). The summed E-state index contributed by atoms with van der Waals surface area (Å²) in [5, 5.41) is 5.55. The number of rotatable bonds is 7. The average molecular weight is 420 g/mol. The van der Waals surface area contributed by atoms with Gasteiger partial charge in [-0.3, -0.25) is 14.4 Å². The number of likely N-dealkylation sites (tertiary alicyclic amines) is 1. The van der Waals surface area contributed by atoms with Gasteiger partial charge in [0.25, 0.3) is 5.91 Å². The summed E-state index contributed by atoms with van der Waals surface area (Å²) < 4.78 is 10.7. The van der Waals surface area contributed by atoms with Crippen LogP contribution >= 0.6 is 0 Å². The van der Waals surface area contributed by atoms with Crippen molar-refractivity contribution in [3.8, 4) is 11.5 Å². The first-order chi connectivity index (χ1) is 14.2. The van der Waals surface area contributed by atoms with E-state index in [4.69, 9.17) is 9.47 Å². The second kappa shape index (κ2) is 10.3. The van der Waals surface area contributed by atoms with E-state index in [1.807, 2.05) is 20.8 Å². The molecule has 1 aromatic rings. The van der Waals surface area contributed by atoms with Crippen LogP contribution in [0.25, 0.3) is 0 Å². The molecule has 0 atom stereocenters. The smallest absolute Gasteiger partial charge is 0.256 e. The van der Waals surface area contributed by atoms with Gasteiger partial charge in [0.1, 0.15) is 0 Å². The van der Waals surface area contributed by atoms with Crippen molar-refractivity contribution in [3.63, 3.8) is 0 Å². The first-order valence-electron chi connectivity index (χ1n) is 10.3. The van der Waals surface area contributed by atoms with E-state index in [1.165, 1.54) is 14.2 Å². The summed E-state index contributed by atoms with van der Waals surface area (Å²) in [7, 11) is 3.00. The van der Waals surface area contributed by atoms with Crippen molar-refractivity contribution in [3.05, 3.63) is 17.7 Å². The Morgan fingerprint density at radius 3 is 2.17 bits per heavy atom. The van der Waals surface area contributed by atoms with Gasteiger partial charge in [0.2, 0.25) is 11.8 Å². The zero-order valence-corrected chi connectivity index (χ0v) is 18.6. The molecule has 1 saturated heterocycles. The van der Waals surface area contributed by atoms with Gasteiger partial charge in [-0.1, -0.05) is 20.8 Å². The Morgan fingerprint density at radius 2 is 1.60 bits per heavy atom. The normalized spacial score (nSPS) is 14.1. The van der Waals surface area contributed by atoms with E-state index >= 15 is 0 Å². The summed E-state index contributed by atoms with van der Waals surface area (Å²) in [6, 6.07) is 3.20. The zero-order valence-electron chi connectivity index (χ0n) is 18.6. The third-order valence-electron chi connectivity index (χ3n) is 4.99. The molecule has 2 N–H and O–H groups in total. The fourth-order valence-corrected chi connectivity index (χ4v) is 3.19. The predicted molar refractivity (Wildman–Crippen MR) is 115 cm³/mol. The molecular formula is C22H33N3O5. The molecule has 2 rings (SSSR count). The molecule has 1 fully saturated rings. The van der Waals surface area contributed by atoms with Crippen LogP contribution in [0, 0.1) is 5.41 Å². The Morgan fingerprint density at radius 1 is 1.00 bits per heavy atom. The van der Waals surface area contributed by atoms with Crippen LogP contribution in [-0.2, 0) is 9.59 Å². The molecule has 0 unspecified atom stereocenters. The SMILES string of the molecule is COc1cc(NC(=O)CCNC(=O)C(C)(C)C)c(C(=O)N2CCCCC2)cc1OC. The van der Waals surface area contributed by atoms with Gasteiger partial charge in [-0.05, 0) is 25.3 Å². The van der Waals surface area contributed by atoms with Gasteiger partial charge in [0, 0.05) is 37.5 Å². The molecule has 0 radical (unpaired) electrons. The summed E-state index contributed by atoms with van der Waals surface area (Å²) in [6.07, 6.45) is 3.13. The second-order valence-corrected chi connectivity index (χ2v) is 8.41. The van der Waals surface area contributed by atoms with Gasteiger partial charge in [-0.2, -0.15) is 0 Å². The lowest BCUT2D eigenvalue weighted by molar-refractivity contribution is -0.128. The Labute approximate surface area is 178 Å². The number of nitrogens with zero attached hydrogens (tertiary/aromatic N) is 1. The van der Waals surface area contributed by atoms with Crippen molar-refractivity contribution in [2.45, 2.75) is 46.5 Å². The lowest BCUT2D eigenvalue weighted by Crippen LogP contribution is -2.37. The van der Waals surface area contributed by atoms with E-state index in [-0.39, 0.29) is 30.7 Å². The maximum absolute atomic E-state index is 13.1. The monoisotopic (exact) mass is 419 g/mol. The van der Waals surface area contributed by atoms with Crippen molar-refractivity contribution >= 4 is 23.4 Å². The summed E-state index contributed by atoms with van der Waals surface area (Å²) in [6.45, 7) is 7.03. The van der Waals surface area contributed by atoms with Crippen molar-refractivity contribution in [1.29, 1.82) is 0 Å². The molecule has 8 heteroatoms. The number of anilines is 1. The Kier molecular flexibility index (Phi) is 8.08. The van der Waals surface area contributed by atoms with E-state index in [0.29, 0.717) is 35.8 Å². The predicted octanol–water partition coefficient (Wildman–Crippen LogP) is 2.82. The quantitative estimate of drug-likeness (QED) is 0.708. The topological polar surface area (TPSA) is 97.0 Å². The van der Waals surface area contributed by atoms with Gasteiger partial charge in [0.15, 0.2) is 11.5 Å². The van der Waals surface area contributed by atoms with Gasteiger partial charge in [-0.15, -0.1) is 0 Å². The van der Waals surface area contributed by atoms with Gasteiger partial charge >= 0.3 is 0 Å². The minimum Gasteiger partial charge on any atom is -0.493 e. The summed E-state index contributed by atoms with van der Waals surface area (Å²) in [5.41, 5.74) is 0.213. The highest BCUT2D eigenvalue weighted by atomic mass is 16.5. The molecule has 1 heterocycles. The molecule has 0 bridgehead atoms. The van der Waals surface area contributed by atoms with Crippen LogP contribution in [0.15, 0.2) is 12.1 Å². The molecule has 0 aromatic heterocycles. The number of carbonyl (C=O) groups excluding carboxylic acids is 3. The molecule has 1 aliphatic heterocycles. The second-order valence-electron chi connectivity index (χ2n) is 8.41. The van der Waals surface area contributed by atoms with Crippen molar-refractivity contribution < 1.29 is 23.9 Å². The number of carbonyl (C=O) groups is 3. The number of ether oxygens (including phenoxy) is 2. The molecule has 1 aliphatic rings. The summed E-state index contributed by atoms with van der Waals surface area (Å²) in [4.78, 5) is 39.3. The first-order valence-corrected chi connectivity index (χ1v) is 10.3. The molecule has 8 nitrogen and oxygen atoms in total. The van der Waals surface area contributed by atoms with Gasteiger partial charge in [0.05, 0.1) is 25.5 Å². The van der Waals surface area contributed by atoms with Crippen molar-refractivity contribution in [2.75, 3.05) is 39.2 Å². The van der Waals surface area contributed by atoms with Crippen LogP contribution in [0.2, 0.25) is 0 Å². The van der Waals surface area contributed by atoms with Crippen LogP contribution < -0.4 is 20.1 Å². The molecule has 0 saturated carbocycles. The third-order valence-corrected chi connectivity index (χ3v) is 4.99. The number of piperidine rings is 1. The molecule has 1 aromatic carbocycles. The number of hydrogen-bond acceptors (Lipinski definition) is 5. The Hall–Kier alpha value is -2.77. The lowest BCUT2D eigenvalue weighted by atomic mass is 9.96. The van der Waals surface area contributed by atoms with E-state index in [0.717, 1.165) is 19.3 Å². The molecule has 0 spiro atoms. The molecule has 3 amide bonds. The maximum atomic E-state index is 13.1. The van der Waals surface area contributed by atoms with Crippen molar-refractivity contribution in [2.24, 2.45) is 5.41 Å². The van der Waals surface area contributed by atoms with Crippen LogP contribution in [0.1, 0.15) is 56.8 Å². The summed E-state index contributed by atoms with van der Waals surface area (Å²) in [5.74, 6) is 0.274. The number of nitrogens with one attached hydrogen (secondary N) is 2.